The molecule has 2 aromatic carbocycles. The highest BCUT2D eigenvalue weighted by molar-refractivity contribution is 8.00. The highest BCUT2D eigenvalue weighted by Crippen LogP contribution is 2.34. The molecule has 2 heteroatoms. The van der Waals surface area contributed by atoms with Crippen LogP contribution in [0.1, 0.15) is 36.1 Å². The lowest BCUT2D eigenvalue weighted by Crippen LogP contribution is -2.26. The Morgan fingerprint density at radius 3 is 2.29 bits per heavy atom. The van der Waals surface area contributed by atoms with Crippen molar-refractivity contribution in [2.24, 2.45) is 0 Å². The highest BCUT2D eigenvalue weighted by atomic mass is 32.2. The van der Waals surface area contributed by atoms with Crippen molar-refractivity contribution in [3.8, 4) is 0 Å². The molecular formula is C19H25NS. The van der Waals surface area contributed by atoms with Gasteiger partial charge in [-0.25, -0.2) is 0 Å². The molecule has 0 heterocycles. The summed E-state index contributed by atoms with van der Waals surface area (Å²) in [5, 5.41) is 4.02. The first-order valence-electron chi connectivity index (χ1n) is 7.61. The SMILES string of the molecule is CCC(Sc1ccc(C)c(C)c1)C(NC)c1ccccc1. The minimum atomic E-state index is 0.378. The van der Waals surface area contributed by atoms with Crippen LogP contribution in [0.5, 0.6) is 0 Å². The summed E-state index contributed by atoms with van der Waals surface area (Å²) in [6.07, 6.45) is 1.14. The van der Waals surface area contributed by atoms with Gasteiger partial charge in [0.2, 0.25) is 0 Å². The van der Waals surface area contributed by atoms with Gasteiger partial charge >= 0.3 is 0 Å². The average molecular weight is 299 g/mol. The van der Waals surface area contributed by atoms with Crippen LogP contribution in [0.25, 0.3) is 0 Å². The summed E-state index contributed by atoms with van der Waals surface area (Å²) in [6.45, 7) is 6.63. The predicted octanol–water partition coefficient (Wildman–Crippen LogP) is 5.13. The molecule has 0 aromatic heterocycles. The van der Waals surface area contributed by atoms with E-state index in [4.69, 9.17) is 0 Å². The lowest BCUT2D eigenvalue weighted by molar-refractivity contribution is 0.556. The summed E-state index contributed by atoms with van der Waals surface area (Å²) >= 11 is 1.98. The lowest BCUT2D eigenvalue weighted by atomic mass is 10.0. The quantitative estimate of drug-likeness (QED) is 0.742. The summed E-state index contributed by atoms with van der Waals surface area (Å²) in [6, 6.07) is 17.9. The van der Waals surface area contributed by atoms with E-state index in [-0.39, 0.29) is 0 Å². The molecule has 0 aliphatic rings. The third-order valence-electron chi connectivity index (χ3n) is 4.01. The smallest absolute Gasteiger partial charge is 0.0441 e. The number of thioether (sulfide) groups is 1. The molecular weight excluding hydrogens is 274 g/mol. The van der Waals surface area contributed by atoms with Crippen molar-refractivity contribution < 1.29 is 0 Å². The fourth-order valence-corrected chi connectivity index (χ4v) is 3.91. The van der Waals surface area contributed by atoms with Crippen molar-refractivity contribution in [1.82, 2.24) is 5.32 Å². The zero-order valence-corrected chi connectivity index (χ0v) is 14.2. The van der Waals surface area contributed by atoms with Gasteiger partial charge in [-0.15, -0.1) is 11.8 Å². The largest absolute Gasteiger partial charge is 0.312 e. The van der Waals surface area contributed by atoms with Crippen molar-refractivity contribution >= 4 is 11.8 Å². The molecule has 0 radical (unpaired) electrons. The van der Waals surface area contributed by atoms with E-state index in [1.54, 1.807) is 0 Å². The standard InChI is InChI=1S/C19H25NS/c1-5-18(19(20-4)16-9-7-6-8-10-16)21-17-12-11-14(2)15(3)13-17/h6-13,18-20H,5H2,1-4H3. The van der Waals surface area contributed by atoms with E-state index in [9.17, 15) is 0 Å². The summed E-state index contributed by atoms with van der Waals surface area (Å²) in [7, 11) is 2.06. The van der Waals surface area contributed by atoms with E-state index in [0.717, 1.165) is 6.42 Å². The van der Waals surface area contributed by atoms with Gasteiger partial charge in [0.25, 0.3) is 0 Å². The lowest BCUT2D eigenvalue weighted by Gasteiger charge is -2.26. The topological polar surface area (TPSA) is 12.0 Å². The van der Waals surface area contributed by atoms with Crippen LogP contribution in [-0.4, -0.2) is 12.3 Å². The molecule has 0 aliphatic heterocycles. The van der Waals surface area contributed by atoms with Crippen LogP contribution < -0.4 is 5.32 Å². The third-order valence-corrected chi connectivity index (χ3v) is 5.44. The van der Waals surface area contributed by atoms with E-state index in [1.165, 1.54) is 21.6 Å². The fraction of sp³-hybridized carbons (Fsp3) is 0.368. The molecule has 1 N–H and O–H groups in total. The van der Waals surface area contributed by atoms with Crippen LogP contribution in [0.2, 0.25) is 0 Å². The first-order valence-corrected chi connectivity index (χ1v) is 8.49. The van der Waals surface area contributed by atoms with Crippen molar-refractivity contribution in [2.45, 2.75) is 43.4 Å². The zero-order chi connectivity index (χ0) is 15.2. The Morgan fingerprint density at radius 2 is 1.71 bits per heavy atom. The number of benzene rings is 2. The Balaban J connectivity index is 2.19. The summed E-state index contributed by atoms with van der Waals surface area (Å²) in [5.41, 5.74) is 4.10. The van der Waals surface area contributed by atoms with E-state index >= 15 is 0 Å². The van der Waals surface area contributed by atoms with Gasteiger partial charge in [0.05, 0.1) is 0 Å². The van der Waals surface area contributed by atoms with Crippen molar-refractivity contribution in [1.29, 1.82) is 0 Å². The van der Waals surface area contributed by atoms with Crippen molar-refractivity contribution in [3.05, 3.63) is 65.2 Å². The highest BCUT2D eigenvalue weighted by Gasteiger charge is 2.21. The molecule has 0 aliphatic carbocycles. The average Bonchev–Trinajstić information content (AvgIpc) is 2.51. The first kappa shape index (κ1) is 16.1. The number of hydrogen-bond acceptors (Lipinski definition) is 2. The van der Waals surface area contributed by atoms with Gasteiger partial charge in [-0.2, -0.15) is 0 Å². The van der Waals surface area contributed by atoms with E-state index in [2.05, 4.69) is 81.7 Å². The third kappa shape index (κ3) is 4.12. The monoisotopic (exact) mass is 299 g/mol. The molecule has 2 aromatic rings. The summed E-state index contributed by atoms with van der Waals surface area (Å²) in [4.78, 5) is 1.36. The van der Waals surface area contributed by atoms with Crippen molar-refractivity contribution in [3.63, 3.8) is 0 Å². The number of hydrogen-bond donors (Lipinski definition) is 1. The molecule has 2 atom stereocenters. The maximum atomic E-state index is 3.49. The minimum absolute atomic E-state index is 0.378. The molecule has 21 heavy (non-hydrogen) atoms. The van der Waals surface area contributed by atoms with E-state index in [1.807, 2.05) is 11.8 Å². The van der Waals surface area contributed by atoms with Gasteiger partial charge in [0.15, 0.2) is 0 Å². The fourth-order valence-electron chi connectivity index (χ4n) is 2.58. The molecule has 112 valence electrons. The van der Waals surface area contributed by atoms with Gasteiger partial charge in [0, 0.05) is 16.2 Å². The normalized spacial score (nSPS) is 13.9. The van der Waals surface area contributed by atoms with E-state index < -0.39 is 0 Å². The predicted molar refractivity (Wildman–Crippen MR) is 94.1 cm³/mol. The van der Waals surface area contributed by atoms with Crippen LogP contribution in [0.4, 0.5) is 0 Å². The summed E-state index contributed by atoms with van der Waals surface area (Å²) < 4.78 is 0. The van der Waals surface area contributed by atoms with Crippen LogP contribution >= 0.6 is 11.8 Å². The van der Waals surface area contributed by atoms with Gasteiger partial charge in [0.1, 0.15) is 0 Å². The Bertz CT molecular complexity index is 565. The number of aryl methyl sites for hydroxylation is 2. The van der Waals surface area contributed by atoms with E-state index in [0.29, 0.717) is 11.3 Å². The molecule has 2 unspecified atom stereocenters. The second kappa shape index (κ2) is 7.67. The molecule has 0 saturated heterocycles. The second-order valence-corrected chi connectivity index (χ2v) is 6.80. The van der Waals surface area contributed by atoms with Crippen LogP contribution in [-0.2, 0) is 0 Å². The van der Waals surface area contributed by atoms with Crippen LogP contribution in [0, 0.1) is 13.8 Å². The van der Waals surface area contributed by atoms with Gasteiger partial charge in [-0.3, -0.25) is 0 Å². The first-order chi connectivity index (χ1) is 10.2. The Kier molecular flexibility index (Phi) is 5.89. The maximum absolute atomic E-state index is 3.49. The van der Waals surface area contributed by atoms with Crippen LogP contribution in [0.3, 0.4) is 0 Å². The maximum Gasteiger partial charge on any atom is 0.0441 e. The number of rotatable bonds is 6. The van der Waals surface area contributed by atoms with Gasteiger partial charge in [-0.1, -0.05) is 43.3 Å². The van der Waals surface area contributed by atoms with Gasteiger partial charge in [-0.05, 0) is 56.1 Å². The van der Waals surface area contributed by atoms with Gasteiger partial charge < -0.3 is 5.32 Å². The Morgan fingerprint density at radius 1 is 1.00 bits per heavy atom. The molecule has 0 saturated carbocycles. The van der Waals surface area contributed by atoms with Crippen LogP contribution in [0.15, 0.2) is 53.4 Å². The van der Waals surface area contributed by atoms with Crippen molar-refractivity contribution in [2.75, 3.05) is 7.05 Å². The Hall–Kier alpha value is -1.25. The molecule has 0 bridgehead atoms. The Labute approximate surface area is 133 Å². The zero-order valence-electron chi connectivity index (χ0n) is 13.4. The molecule has 2 rings (SSSR count). The molecule has 0 amide bonds. The summed E-state index contributed by atoms with van der Waals surface area (Å²) in [5.74, 6) is 0. The molecule has 1 nitrogen and oxygen atoms in total. The second-order valence-electron chi connectivity index (χ2n) is 5.49. The minimum Gasteiger partial charge on any atom is -0.312 e. The number of nitrogens with one attached hydrogen (secondary N) is 1. The molecule has 0 fully saturated rings. The molecule has 0 spiro atoms.